The Morgan fingerprint density at radius 1 is 1.26 bits per heavy atom. The van der Waals surface area contributed by atoms with Crippen molar-refractivity contribution in [1.82, 2.24) is 30.4 Å². The lowest BCUT2D eigenvalue weighted by Crippen LogP contribution is -2.50. The van der Waals surface area contributed by atoms with E-state index in [0.29, 0.717) is 41.5 Å². The number of amides is 2. The monoisotopic (exact) mass is 556 g/mol. The second-order valence-electron chi connectivity index (χ2n) is 10.2. The van der Waals surface area contributed by atoms with Gasteiger partial charge in [0.05, 0.1) is 48.6 Å². The number of hydrogen-bond acceptors (Lipinski definition) is 7. The van der Waals surface area contributed by atoms with E-state index in [1.165, 1.54) is 19.2 Å². The molecule has 0 aromatic carbocycles. The molecule has 1 atom stereocenters. The van der Waals surface area contributed by atoms with Crippen molar-refractivity contribution >= 4 is 23.4 Å². The minimum absolute atomic E-state index is 0.00417. The fourth-order valence-electron chi connectivity index (χ4n) is 5.03. The van der Waals surface area contributed by atoms with Crippen molar-refractivity contribution in [3.8, 4) is 22.9 Å². The highest BCUT2D eigenvalue weighted by Gasteiger charge is 2.54. The van der Waals surface area contributed by atoms with Crippen LogP contribution in [-0.2, 0) is 11.3 Å². The highest BCUT2D eigenvalue weighted by atomic mass is 35.5. The van der Waals surface area contributed by atoms with E-state index in [4.69, 9.17) is 21.1 Å². The summed E-state index contributed by atoms with van der Waals surface area (Å²) < 4.78 is 25.0. The van der Waals surface area contributed by atoms with Crippen LogP contribution in [0.5, 0.6) is 11.6 Å². The Kier molecular flexibility index (Phi) is 7.44. The third kappa shape index (κ3) is 5.68. The molecule has 0 bridgehead atoms. The zero-order valence-corrected chi connectivity index (χ0v) is 22.7. The van der Waals surface area contributed by atoms with Crippen LogP contribution in [0.4, 0.5) is 4.39 Å². The number of halogens is 2. The number of nitrogens with zero attached hydrogens (tertiary/aromatic N) is 4. The fraction of sp³-hybridized carbons (Fsp3) is 0.444. The molecular weight excluding hydrogens is 527 g/mol. The molecule has 4 heterocycles. The first-order chi connectivity index (χ1) is 18.7. The van der Waals surface area contributed by atoms with Crippen LogP contribution < -0.4 is 14.8 Å². The third-order valence-corrected chi connectivity index (χ3v) is 7.49. The van der Waals surface area contributed by atoms with Crippen molar-refractivity contribution in [3.63, 3.8) is 0 Å². The van der Waals surface area contributed by atoms with Gasteiger partial charge in [0.15, 0.2) is 11.5 Å². The number of carbonyl (C=O) groups is 2. The molecule has 2 amide bonds. The van der Waals surface area contributed by atoms with E-state index in [9.17, 15) is 14.0 Å². The van der Waals surface area contributed by atoms with Crippen LogP contribution in [0, 0.1) is 11.7 Å². The number of aromatic nitrogens is 4. The average Bonchev–Trinajstić information content (AvgIpc) is 3.48. The van der Waals surface area contributed by atoms with Crippen LogP contribution in [0.1, 0.15) is 55.7 Å². The van der Waals surface area contributed by atoms with Gasteiger partial charge in [-0.25, -0.2) is 9.37 Å². The van der Waals surface area contributed by atoms with Gasteiger partial charge >= 0.3 is 0 Å². The highest BCUT2D eigenvalue weighted by molar-refractivity contribution is 6.31. The molecule has 1 saturated heterocycles. The number of H-pyrrole nitrogens is 1. The Balaban J connectivity index is 1.21. The fourth-order valence-corrected chi connectivity index (χ4v) is 5.25. The molecule has 1 saturated carbocycles. The van der Waals surface area contributed by atoms with E-state index >= 15 is 0 Å². The third-order valence-electron chi connectivity index (χ3n) is 7.16. The van der Waals surface area contributed by atoms with Crippen LogP contribution in [0.2, 0.25) is 5.02 Å². The van der Waals surface area contributed by atoms with Crippen LogP contribution >= 0.6 is 11.6 Å². The molecule has 1 aliphatic carbocycles. The Labute approximate surface area is 230 Å². The van der Waals surface area contributed by atoms with Crippen molar-refractivity contribution in [3.05, 3.63) is 52.8 Å². The van der Waals surface area contributed by atoms with Crippen molar-refractivity contribution in [1.29, 1.82) is 0 Å². The maximum absolute atomic E-state index is 14.3. The maximum atomic E-state index is 14.3. The van der Waals surface area contributed by atoms with E-state index in [1.54, 1.807) is 12.3 Å². The lowest BCUT2D eigenvalue weighted by molar-refractivity contribution is -0.127. The van der Waals surface area contributed by atoms with Crippen molar-refractivity contribution in [2.75, 3.05) is 13.7 Å². The SMILES string of the molecule is COc1cc(-c2cc(C(=O)N3CCC(C(=O)NCc4ncc(OC(C)C)cc4Cl)CC34CC4)n[nH]2)c(F)cn1. The van der Waals surface area contributed by atoms with Gasteiger partial charge in [0, 0.05) is 35.7 Å². The van der Waals surface area contributed by atoms with E-state index < -0.39 is 5.82 Å². The summed E-state index contributed by atoms with van der Waals surface area (Å²) >= 11 is 6.34. The van der Waals surface area contributed by atoms with E-state index in [0.717, 1.165) is 19.0 Å². The number of hydrogen-bond donors (Lipinski definition) is 2. The van der Waals surface area contributed by atoms with E-state index in [1.807, 2.05) is 18.7 Å². The Bertz CT molecular complexity index is 1390. The van der Waals surface area contributed by atoms with Gasteiger partial charge in [-0.05, 0) is 45.6 Å². The Morgan fingerprint density at radius 2 is 2.05 bits per heavy atom. The van der Waals surface area contributed by atoms with E-state index in [-0.39, 0.29) is 53.1 Å². The number of pyridine rings is 2. The first kappa shape index (κ1) is 26.9. The molecule has 0 radical (unpaired) electrons. The van der Waals surface area contributed by atoms with Gasteiger partial charge in [-0.15, -0.1) is 0 Å². The van der Waals surface area contributed by atoms with Gasteiger partial charge in [0.1, 0.15) is 5.75 Å². The average molecular weight is 557 g/mol. The Hall–Kier alpha value is -3.73. The zero-order valence-electron chi connectivity index (χ0n) is 22.0. The molecule has 12 heteroatoms. The summed E-state index contributed by atoms with van der Waals surface area (Å²) in [6.07, 6.45) is 5.39. The molecule has 3 aromatic heterocycles. The summed E-state index contributed by atoms with van der Waals surface area (Å²) in [6.45, 7) is 4.47. The molecule has 5 rings (SSSR count). The topological polar surface area (TPSA) is 122 Å². The second kappa shape index (κ2) is 10.8. The number of carbonyl (C=O) groups excluding carboxylic acids is 2. The van der Waals surface area contributed by atoms with Crippen molar-refractivity contribution in [2.24, 2.45) is 5.92 Å². The molecule has 1 unspecified atom stereocenters. The number of rotatable bonds is 8. The van der Waals surface area contributed by atoms with Gasteiger partial charge in [-0.3, -0.25) is 19.7 Å². The molecule has 206 valence electrons. The van der Waals surface area contributed by atoms with Gasteiger partial charge in [-0.2, -0.15) is 5.10 Å². The van der Waals surface area contributed by atoms with Crippen molar-refractivity contribution < 1.29 is 23.5 Å². The molecule has 2 fully saturated rings. The molecule has 2 N–H and O–H groups in total. The quantitative estimate of drug-likeness (QED) is 0.427. The largest absolute Gasteiger partial charge is 0.489 e. The Morgan fingerprint density at radius 3 is 2.74 bits per heavy atom. The number of nitrogens with one attached hydrogen (secondary N) is 2. The number of ether oxygens (including phenoxy) is 2. The van der Waals surface area contributed by atoms with Gasteiger partial charge in [0.25, 0.3) is 5.91 Å². The summed E-state index contributed by atoms with van der Waals surface area (Å²) in [4.78, 5) is 36.4. The predicted molar refractivity (Wildman–Crippen MR) is 141 cm³/mol. The molecule has 3 aromatic rings. The first-order valence-electron chi connectivity index (χ1n) is 12.8. The number of aromatic amines is 1. The molecular formula is C27H30ClFN6O4. The standard InChI is InChI=1S/C27H30ClFN6O4/c1-15(2)39-17-8-19(28)23(30-12-17)14-32-25(36)16-4-7-35(27(11-16)5-6-27)26(37)22-10-21(33-34-22)18-9-24(38-3)31-13-20(18)29/h8-10,12-13,15-16H,4-7,11,14H2,1-3H3,(H,32,36)(H,33,34). The molecule has 2 aliphatic rings. The van der Waals surface area contributed by atoms with Crippen LogP contribution in [0.3, 0.4) is 0 Å². The van der Waals surface area contributed by atoms with Crippen molar-refractivity contribution in [2.45, 2.75) is 57.7 Å². The lowest BCUT2D eigenvalue weighted by Gasteiger charge is -2.39. The van der Waals surface area contributed by atoms with Gasteiger partial charge < -0.3 is 19.7 Å². The normalized spacial score (nSPS) is 17.8. The highest BCUT2D eigenvalue weighted by Crippen LogP contribution is 2.50. The second-order valence-corrected chi connectivity index (χ2v) is 10.6. The minimum Gasteiger partial charge on any atom is -0.489 e. The molecule has 39 heavy (non-hydrogen) atoms. The smallest absolute Gasteiger partial charge is 0.274 e. The number of piperidine rings is 1. The summed E-state index contributed by atoms with van der Waals surface area (Å²) in [5.41, 5.74) is 0.952. The molecule has 1 spiro atoms. The van der Waals surface area contributed by atoms with Gasteiger partial charge in [0.2, 0.25) is 11.8 Å². The maximum Gasteiger partial charge on any atom is 0.274 e. The zero-order chi connectivity index (χ0) is 27.7. The number of likely N-dealkylation sites (tertiary alicyclic amines) is 1. The summed E-state index contributed by atoms with van der Waals surface area (Å²) in [5, 5.41) is 10.3. The minimum atomic E-state index is -0.555. The lowest BCUT2D eigenvalue weighted by atomic mass is 9.88. The van der Waals surface area contributed by atoms with Crippen LogP contribution in [-0.4, -0.2) is 62.2 Å². The van der Waals surface area contributed by atoms with Gasteiger partial charge in [-0.1, -0.05) is 11.6 Å². The number of methoxy groups -OCH3 is 1. The first-order valence-corrected chi connectivity index (χ1v) is 13.2. The summed E-state index contributed by atoms with van der Waals surface area (Å²) in [7, 11) is 1.44. The molecule has 10 nitrogen and oxygen atoms in total. The predicted octanol–water partition coefficient (Wildman–Crippen LogP) is 4.16. The van der Waals surface area contributed by atoms with E-state index in [2.05, 4.69) is 25.5 Å². The van der Waals surface area contributed by atoms with Crippen LogP contribution in [0.25, 0.3) is 11.3 Å². The summed E-state index contributed by atoms with van der Waals surface area (Å²) in [5.74, 6) is -0.283. The van der Waals surface area contributed by atoms with Crippen LogP contribution in [0.15, 0.2) is 30.6 Å². The summed E-state index contributed by atoms with van der Waals surface area (Å²) in [6, 6.07) is 4.67. The molecule has 1 aliphatic heterocycles.